The van der Waals surface area contributed by atoms with Crippen LogP contribution in [0.15, 0.2) is 54.9 Å². The van der Waals surface area contributed by atoms with Gasteiger partial charge in [0.2, 0.25) is 5.91 Å². The normalized spacial score (nSPS) is 20.2. The molecule has 4 aromatic rings. The van der Waals surface area contributed by atoms with Crippen LogP contribution in [-0.2, 0) is 43.2 Å². The molecule has 4 atom stereocenters. The fraction of sp³-hybridized carbons (Fsp3) is 0.488. The second-order valence-electron chi connectivity index (χ2n) is 16.1. The van der Waals surface area contributed by atoms with Gasteiger partial charge in [0.1, 0.15) is 17.8 Å². The molecule has 2 aliphatic rings. The van der Waals surface area contributed by atoms with Crippen LogP contribution < -0.4 is 16.1 Å². The molecule has 55 heavy (non-hydrogen) atoms. The van der Waals surface area contributed by atoms with Crippen LogP contribution in [0, 0.1) is 11.3 Å². The number of aryl methyl sites for hydroxylation is 1. The van der Waals surface area contributed by atoms with Crippen LogP contribution in [0.2, 0.25) is 0 Å². The van der Waals surface area contributed by atoms with Gasteiger partial charge in [-0.15, -0.1) is 0 Å². The molecule has 6 rings (SSSR count). The first-order valence-electron chi connectivity index (χ1n) is 19.4. The Bertz CT molecular complexity index is 2060. The summed E-state index contributed by atoms with van der Waals surface area (Å²) < 4.78 is 14.2. The summed E-state index contributed by atoms with van der Waals surface area (Å²) in [5, 5.41) is 19.7. The van der Waals surface area contributed by atoms with E-state index in [2.05, 4.69) is 64.6 Å². The van der Waals surface area contributed by atoms with Crippen molar-refractivity contribution < 1.29 is 29.0 Å². The predicted octanol–water partition coefficient (Wildman–Crippen LogP) is 5.70. The van der Waals surface area contributed by atoms with Crippen LogP contribution in [0.4, 0.5) is 0 Å². The largest absolute Gasteiger partial charge is 0.508 e. The van der Waals surface area contributed by atoms with Gasteiger partial charge in [0.15, 0.2) is 0 Å². The number of hydrazine groups is 1. The fourth-order valence-electron chi connectivity index (χ4n) is 8.13. The number of phenols is 1. The number of pyridine rings is 1. The molecule has 2 aromatic heterocycles. The van der Waals surface area contributed by atoms with E-state index < -0.39 is 29.5 Å². The second-order valence-corrected chi connectivity index (χ2v) is 16.1. The van der Waals surface area contributed by atoms with Gasteiger partial charge in [-0.05, 0) is 104 Å². The van der Waals surface area contributed by atoms with Crippen molar-refractivity contribution >= 4 is 28.7 Å². The minimum atomic E-state index is -0.977. The Hall–Kier alpha value is -4.78. The van der Waals surface area contributed by atoms with Crippen molar-refractivity contribution in [2.45, 2.75) is 98.0 Å². The summed E-state index contributed by atoms with van der Waals surface area (Å²) in [4.78, 5) is 46.1. The van der Waals surface area contributed by atoms with E-state index in [0.29, 0.717) is 37.9 Å². The van der Waals surface area contributed by atoms with Gasteiger partial charge >= 0.3 is 5.97 Å². The lowest BCUT2D eigenvalue weighted by molar-refractivity contribution is -0.155. The van der Waals surface area contributed by atoms with Crippen LogP contribution >= 0.6 is 0 Å². The van der Waals surface area contributed by atoms with Crippen LogP contribution in [0.1, 0.15) is 77.2 Å². The molecular weight excluding hydrogens is 697 g/mol. The Morgan fingerprint density at radius 1 is 1.13 bits per heavy atom. The third-order valence-electron chi connectivity index (χ3n) is 11.0. The summed E-state index contributed by atoms with van der Waals surface area (Å²) in [7, 11) is 3.42. The van der Waals surface area contributed by atoms with Crippen molar-refractivity contribution in [1.29, 1.82) is 0 Å². The molecule has 2 aromatic carbocycles. The van der Waals surface area contributed by atoms with E-state index in [1.165, 1.54) is 5.01 Å². The third-order valence-corrected chi connectivity index (χ3v) is 11.0. The average molecular weight is 753 g/mol. The summed E-state index contributed by atoms with van der Waals surface area (Å²) in [6.45, 7) is 13.4. The molecular formula is C43H56N6O6. The number of likely N-dealkylation sites (N-methyl/N-ethyl adjacent to an activating group) is 1. The Kier molecular flexibility index (Phi) is 12.0. The van der Waals surface area contributed by atoms with E-state index in [4.69, 9.17) is 9.47 Å². The molecule has 12 nitrogen and oxygen atoms in total. The first kappa shape index (κ1) is 39.9. The van der Waals surface area contributed by atoms with E-state index in [1.54, 1.807) is 32.5 Å². The molecule has 2 amide bonds. The van der Waals surface area contributed by atoms with Crippen molar-refractivity contribution in [1.82, 2.24) is 30.6 Å². The highest BCUT2D eigenvalue weighted by Gasteiger charge is 2.36. The van der Waals surface area contributed by atoms with E-state index in [0.717, 1.165) is 44.4 Å². The molecule has 294 valence electrons. The Labute approximate surface area is 323 Å². The summed E-state index contributed by atoms with van der Waals surface area (Å²) in [5.41, 5.74) is 10.1. The summed E-state index contributed by atoms with van der Waals surface area (Å²) in [6.07, 6.45) is 5.29. The minimum absolute atomic E-state index is 0.0285. The number of hydrogen-bond acceptors (Lipinski definition) is 9. The number of amides is 2. The highest BCUT2D eigenvalue weighted by atomic mass is 16.5. The van der Waals surface area contributed by atoms with E-state index in [-0.39, 0.29) is 42.6 Å². The van der Waals surface area contributed by atoms with Crippen LogP contribution in [0.25, 0.3) is 33.3 Å². The molecule has 1 unspecified atom stereocenters. The molecule has 2 aliphatic heterocycles. The first-order valence-corrected chi connectivity index (χ1v) is 19.4. The van der Waals surface area contributed by atoms with Crippen molar-refractivity contribution in [3.63, 3.8) is 0 Å². The smallest absolute Gasteiger partial charge is 0.324 e. The third kappa shape index (κ3) is 8.41. The number of esters is 1. The maximum absolute atomic E-state index is 14.3. The van der Waals surface area contributed by atoms with E-state index in [9.17, 15) is 19.5 Å². The number of nitrogens with one attached hydrogen (secondary N) is 3. The Balaban J connectivity index is 1.54. The number of ether oxygens (including phenoxy) is 2. The lowest BCUT2D eigenvalue weighted by Crippen LogP contribution is -2.61. The number of carbonyl (C=O) groups is 3. The van der Waals surface area contributed by atoms with E-state index >= 15 is 0 Å². The summed E-state index contributed by atoms with van der Waals surface area (Å²) >= 11 is 0. The molecule has 12 heteroatoms. The lowest BCUT2D eigenvalue weighted by Gasteiger charge is -2.36. The highest BCUT2D eigenvalue weighted by Crippen LogP contribution is 2.42. The topological polar surface area (TPSA) is 147 Å². The number of aromatic nitrogens is 2. The predicted molar refractivity (Wildman–Crippen MR) is 213 cm³/mol. The molecule has 0 radical (unpaired) electrons. The Morgan fingerprint density at radius 2 is 1.91 bits per heavy atom. The van der Waals surface area contributed by atoms with Gasteiger partial charge in [-0.25, -0.2) is 5.43 Å². The van der Waals surface area contributed by atoms with Gasteiger partial charge in [0.05, 0.1) is 24.4 Å². The number of methoxy groups -OCH3 is 1. The molecule has 6 bridgehead atoms. The number of nitrogens with zero attached hydrogens (tertiary/aromatic N) is 3. The van der Waals surface area contributed by atoms with Gasteiger partial charge in [0.25, 0.3) is 5.91 Å². The first-order chi connectivity index (χ1) is 26.2. The minimum Gasteiger partial charge on any atom is -0.508 e. The van der Waals surface area contributed by atoms with Crippen LogP contribution in [-0.4, -0.2) is 82.9 Å². The molecule has 1 fully saturated rings. The van der Waals surface area contributed by atoms with Gasteiger partial charge in [-0.1, -0.05) is 39.8 Å². The SMILES string of the molecule is CCn1c(-c2cnccc2[C@H](C)OC)c2c3cc(ccc31)-c1cc(O)cc(c1)C[C@H](NC(=O)C(NC)C(C)C)C(=O)N1CCC[C@H](N1)C(=O)OCC(C)(C)C2. The van der Waals surface area contributed by atoms with Gasteiger partial charge in [0, 0.05) is 60.9 Å². The number of phenolic OH excluding ortho intramolecular Hbond substituents is 1. The van der Waals surface area contributed by atoms with Crippen molar-refractivity contribution in [2.75, 3.05) is 27.3 Å². The van der Waals surface area contributed by atoms with Gasteiger partial charge < -0.3 is 29.8 Å². The zero-order valence-electron chi connectivity index (χ0n) is 33.4. The van der Waals surface area contributed by atoms with Crippen molar-refractivity contribution in [2.24, 2.45) is 11.3 Å². The van der Waals surface area contributed by atoms with Crippen molar-refractivity contribution in [3.8, 4) is 28.1 Å². The van der Waals surface area contributed by atoms with Gasteiger partial charge in [-0.2, -0.15) is 0 Å². The quantitative estimate of drug-likeness (QED) is 0.167. The number of cyclic esters (lactones) is 1. The fourth-order valence-corrected chi connectivity index (χ4v) is 8.13. The average Bonchev–Trinajstić information content (AvgIpc) is 3.47. The molecule has 4 heterocycles. The maximum atomic E-state index is 14.3. The molecule has 0 spiro atoms. The monoisotopic (exact) mass is 752 g/mol. The number of hydrogen-bond donors (Lipinski definition) is 4. The Morgan fingerprint density at radius 3 is 2.62 bits per heavy atom. The lowest BCUT2D eigenvalue weighted by atomic mass is 9.84. The zero-order valence-corrected chi connectivity index (χ0v) is 33.4. The summed E-state index contributed by atoms with van der Waals surface area (Å²) in [5.74, 6) is -1.08. The van der Waals surface area contributed by atoms with Crippen LogP contribution in [0.5, 0.6) is 5.75 Å². The zero-order chi connectivity index (χ0) is 39.6. The van der Waals surface area contributed by atoms with Crippen LogP contribution in [0.3, 0.4) is 0 Å². The molecule has 0 aliphatic carbocycles. The number of benzene rings is 2. The number of carbonyl (C=O) groups excluding carboxylic acids is 3. The van der Waals surface area contributed by atoms with E-state index in [1.807, 2.05) is 39.1 Å². The number of aromatic hydroxyl groups is 1. The number of rotatable bonds is 8. The molecule has 0 saturated carbocycles. The second kappa shape index (κ2) is 16.5. The number of fused-ring (bicyclic) bond motifs is 6. The summed E-state index contributed by atoms with van der Waals surface area (Å²) in [6, 6.07) is 11.4. The molecule has 4 N–H and O–H groups in total. The molecule has 1 saturated heterocycles. The standard InChI is InChI=1S/C43H56N6O6/c1-9-48-37-13-12-28-21-32(37)33(39(48)34-23-45-15-14-31(34)26(4)54-8)22-43(5,6)24-55-42(53)35-11-10-16-49(47-35)41(52)36(46-40(51)38(44-7)25(2)3)19-27-17-29(28)20-30(50)18-27/h12-15,17-18,20-21,23,25-26,35-36,38,44,47,50H,9-11,16,19,22,24H2,1-8H3,(H,46,51)/t26-,35-,36-,38?/m0/s1. The highest BCUT2D eigenvalue weighted by molar-refractivity contribution is 5.96. The van der Waals surface area contributed by atoms with Gasteiger partial charge in [-0.3, -0.25) is 24.4 Å². The maximum Gasteiger partial charge on any atom is 0.324 e. The van der Waals surface area contributed by atoms with Crippen molar-refractivity contribution in [3.05, 3.63) is 71.5 Å².